The van der Waals surface area contributed by atoms with Crippen molar-refractivity contribution >= 4 is 17.9 Å². The molecular weight excluding hydrogens is 306 g/mol. The number of aldehydes is 1. The highest BCUT2D eigenvalue weighted by molar-refractivity contribution is 5.95. The lowest BCUT2D eigenvalue weighted by Gasteiger charge is -2.40. The first-order valence-corrected chi connectivity index (χ1v) is 8.59. The Morgan fingerprint density at radius 2 is 1.92 bits per heavy atom. The first-order valence-electron chi connectivity index (χ1n) is 8.59. The molecule has 1 aromatic carbocycles. The summed E-state index contributed by atoms with van der Waals surface area (Å²) in [5, 5.41) is 0. The first kappa shape index (κ1) is 17.1. The van der Waals surface area contributed by atoms with Gasteiger partial charge in [0.2, 0.25) is 5.91 Å². The van der Waals surface area contributed by atoms with Gasteiger partial charge in [-0.2, -0.15) is 0 Å². The van der Waals surface area contributed by atoms with Crippen molar-refractivity contribution < 1.29 is 14.3 Å². The van der Waals surface area contributed by atoms with Gasteiger partial charge in [-0.05, 0) is 37.0 Å². The zero-order valence-corrected chi connectivity index (χ0v) is 13.9. The molecule has 1 unspecified atom stereocenters. The van der Waals surface area contributed by atoms with Gasteiger partial charge in [0.05, 0.1) is 12.6 Å². The van der Waals surface area contributed by atoms with E-state index in [0.29, 0.717) is 25.6 Å². The number of carbonyl (C=O) groups is 2. The third-order valence-electron chi connectivity index (χ3n) is 4.85. The molecule has 3 rings (SSSR count). The second-order valence-electron chi connectivity index (χ2n) is 6.53. The number of benzene rings is 1. The van der Waals surface area contributed by atoms with Crippen LogP contribution < -0.4 is 10.6 Å². The molecule has 24 heavy (non-hydrogen) atoms. The summed E-state index contributed by atoms with van der Waals surface area (Å²) < 4.78 is 5.40. The molecule has 2 aliphatic heterocycles. The molecular formula is C18H25N3O3. The molecule has 0 radical (unpaired) electrons. The number of hydrogen-bond acceptors (Lipinski definition) is 5. The van der Waals surface area contributed by atoms with Gasteiger partial charge in [0.1, 0.15) is 6.29 Å². The zero-order valence-electron chi connectivity index (χ0n) is 13.9. The molecule has 2 fully saturated rings. The van der Waals surface area contributed by atoms with Crippen molar-refractivity contribution in [1.29, 1.82) is 0 Å². The molecule has 130 valence electrons. The van der Waals surface area contributed by atoms with Crippen LogP contribution in [0.5, 0.6) is 0 Å². The fraction of sp³-hybridized carbons (Fsp3) is 0.556. The summed E-state index contributed by atoms with van der Waals surface area (Å²) in [4.78, 5) is 27.3. The fourth-order valence-corrected chi connectivity index (χ4v) is 3.46. The van der Waals surface area contributed by atoms with Crippen LogP contribution in [0.25, 0.3) is 0 Å². The number of ether oxygens (including phenoxy) is 1. The van der Waals surface area contributed by atoms with Crippen LogP contribution in [0.3, 0.4) is 0 Å². The number of carbonyl (C=O) groups excluding carboxylic acids is 2. The molecule has 1 amide bonds. The minimum absolute atomic E-state index is 0.144. The molecule has 0 saturated carbocycles. The maximum absolute atomic E-state index is 12.5. The van der Waals surface area contributed by atoms with E-state index >= 15 is 0 Å². The second kappa shape index (κ2) is 7.88. The van der Waals surface area contributed by atoms with E-state index in [-0.39, 0.29) is 5.91 Å². The average Bonchev–Trinajstić information content (AvgIpc) is 2.63. The molecule has 2 aliphatic rings. The smallest absolute Gasteiger partial charge is 0.241 e. The van der Waals surface area contributed by atoms with Gasteiger partial charge < -0.3 is 20.2 Å². The summed E-state index contributed by atoms with van der Waals surface area (Å²) >= 11 is 0. The summed E-state index contributed by atoms with van der Waals surface area (Å²) in [7, 11) is 0. The summed E-state index contributed by atoms with van der Waals surface area (Å²) in [6, 6.07) is 7.76. The topological polar surface area (TPSA) is 75.9 Å². The quantitative estimate of drug-likeness (QED) is 0.799. The molecule has 0 bridgehead atoms. The van der Waals surface area contributed by atoms with E-state index in [4.69, 9.17) is 10.5 Å². The van der Waals surface area contributed by atoms with E-state index in [1.165, 1.54) is 0 Å². The van der Waals surface area contributed by atoms with Crippen LogP contribution in [0, 0.1) is 0 Å². The van der Waals surface area contributed by atoms with Crippen LogP contribution in [-0.2, 0) is 20.7 Å². The number of hydrogen-bond donors (Lipinski definition) is 1. The van der Waals surface area contributed by atoms with Gasteiger partial charge in [-0.15, -0.1) is 0 Å². The molecule has 0 spiro atoms. The Hall–Kier alpha value is -1.76. The van der Waals surface area contributed by atoms with E-state index in [0.717, 1.165) is 50.1 Å². The number of anilines is 1. The normalized spacial score (nSPS) is 21.7. The SMILES string of the molecule is NC(C=O)Cc1ccc(N2CCN(C3CCOCC3)CC2=O)cc1. The monoisotopic (exact) mass is 331 g/mol. The Kier molecular flexibility index (Phi) is 5.60. The van der Waals surface area contributed by atoms with E-state index in [2.05, 4.69) is 4.90 Å². The van der Waals surface area contributed by atoms with Crippen molar-refractivity contribution in [2.24, 2.45) is 5.73 Å². The molecule has 6 heteroatoms. The fourth-order valence-electron chi connectivity index (χ4n) is 3.46. The maximum Gasteiger partial charge on any atom is 0.241 e. The second-order valence-corrected chi connectivity index (χ2v) is 6.53. The Bertz CT molecular complexity index is 569. The summed E-state index contributed by atoms with van der Waals surface area (Å²) in [5.74, 6) is 0.144. The third kappa shape index (κ3) is 4.01. The van der Waals surface area contributed by atoms with Crippen LogP contribution in [0.4, 0.5) is 5.69 Å². The molecule has 2 N–H and O–H groups in total. The zero-order chi connectivity index (χ0) is 16.9. The highest BCUT2D eigenvalue weighted by Gasteiger charge is 2.30. The van der Waals surface area contributed by atoms with Gasteiger partial charge in [-0.1, -0.05) is 12.1 Å². The molecule has 1 atom stereocenters. The lowest BCUT2D eigenvalue weighted by atomic mass is 10.0. The molecule has 6 nitrogen and oxygen atoms in total. The molecule has 2 heterocycles. The summed E-state index contributed by atoms with van der Waals surface area (Å²) in [5.41, 5.74) is 7.57. The largest absolute Gasteiger partial charge is 0.381 e. The number of nitrogens with zero attached hydrogens (tertiary/aromatic N) is 2. The minimum atomic E-state index is -0.472. The van der Waals surface area contributed by atoms with Crippen LogP contribution in [-0.4, -0.2) is 62.0 Å². The van der Waals surface area contributed by atoms with Gasteiger partial charge in [0.25, 0.3) is 0 Å². The van der Waals surface area contributed by atoms with Crippen LogP contribution >= 0.6 is 0 Å². The van der Waals surface area contributed by atoms with Crippen molar-refractivity contribution in [3.05, 3.63) is 29.8 Å². The number of amides is 1. The summed E-state index contributed by atoms with van der Waals surface area (Å²) in [6.07, 6.45) is 3.31. The van der Waals surface area contributed by atoms with Gasteiger partial charge in [-0.25, -0.2) is 0 Å². The number of nitrogens with two attached hydrogens (primary N) is 1. The van der Waals surface area contributed by atoms with E-state index < -0.39 is 6.04 Å². The Balaban J connectivity index is 1.59. The Labute approximate surface area is 142 Å². The van der Waals surface area contributed by atoms with Crippen molar-refractivity contribution in [3.63, 3.8) is 0 Å². The number of piperazine rings is 1. The van der Waals surface area contributed by atoms with E-state index in [9.17, 15) is 9.59 Å². The molecule has 2 saturated heterocycles. The Morgan fingerprint density at radius 1 is 1.21 bits per heavy atom. The lowest BCUT2D eigenvalue weighted by molar-refractivity contribution is -0.122. The maximum atomic E-state index is 12.5. The van der Waals surface area contributed by atoms with E-state index in [1.807, 2.05) is 29.2 Å². The van der Waals surface area contributed by atoms with Gasteiger partial charge in [-0.3, -0.25) is 9.69 Å². The standard InChI is InChI=1S/C18H25N3O3/c19-15(13-22)11-14-1-3-17(4-2-14)21-8-7-20(12-18(21)23)16-5-9-24-10-6-16/h1-4,13,15-16H,5-12,19H2. The lowest BCUT2D eigenvalue weighted by Crippen LogP contribution is -2.54. The first-order chi connectivity index (χ1) is 11.7. The highest BCUT2D eigenvalue weighted by Crippen LogP contribution is 2.22. The predicted octanol–water partition coefficient (Wildman–Crippen LogP) is 0.583. The van der Waals surface area contributed by atoms with Gasteiger partial charge >= 0.3 is 0 Å². The van der Waals surface area contributed by atoms with Crippen LogP contribution in [0.15, 0.2) is 24.3 Å². The van der Waals surface area contributed by atoms with Crippen molar-refractivity contribution in [2.75, 3.05) is 37.7 Å². The third-order valence-corrected chi connectivity index (χ3v) is 4.85. The predicted molar refractivity (Wildman–Crippen MR) is 92.0 cm³/mol. The van der Waals surface area contributed by atoms with Crippen molar-refractivity contribution in [2.45, 2.75) is 31.3 Å². The minimum Gasteiger partial charge on any atom is -0.381 e. The van der Waals surface area contributed by atoms with Gasteiger partial charge in [0.15, 0.2) is 0 Å². The van der Waals surface area contributed by atoms with Gasteiger partial charge in [0, 0.05) is 38.0 Å². The average molecular weight is 331 g/mol. The van der Waals surface area contributed by atoms with E-state index in [1.54, 1.807) is 0 Å². The van der Waals surface area contributed by atoms with Crippen molar-refractivity contribution in [3.8, 4) is 0 Å². The molecule has 0 aromatic heterocycles. The number of rotatable bonds is 5. The summed E-state index contributed by atoms with van der Waals surface area (Å²) in [6.45, 7) is 3.67. The van der Waals surface area contributed by atoms with Crippen molar-refractivity contribution in [1.82, 2.24) is 4.90 Å². The Morgan fingerprint density at radius 3 is 2.54 bits per heavy atom. The highest BCUT2D eigenvalue weighted by atomic mass is 16.5. The molecule has 1 aromatic rings. The molecule has 0 aliphatic carbocycles. The van der Waals surface area contributed by atoms with Crippen LogP contribution in [0.2, 0.25) is 0 Å². The van der Waals surface area contributed by atoms with Crippen LogP contribution in [0.1, 0.15) is 18.4 Å².